The molecule has 7 aromatic carbocycles. The van der Waals surface area contributed by atoms with Crippen molar-refractivity contribution < 1.29 is 0 Å². The molecule has 0 heterocycles. The van der Waals surface area contributed by atoms with Gasteiger partial charge in [-0.05, 0) is 165 Å². The largest absolute Gasteiger partial charge is 0.0654 e. The minimum atomic E-state index is 1.10. The van der Waals surface area contributed by atoms with Crippen LogP contribution in [0, 0.1) is 0 Å². The first kappa shape index (κ1) is 74.9. The van der Waals surface area contributed by atoms with E-state index in [4.69, 9.17) is 0 Å². The molecule has 0 atom stereocenters. The Bertz CT molecular complexity index is 2630. The summed E-state index contributed by atoms with van der Waals surface area (Å²) >= 11 is 7.81. The lowest BCUT2D eigenvalue weighted by atomic mass is 9.74. The summed E-state index contributed by atoms with van der Waals surface area (Å²) in [6, 6.07) is 58.2. The average molecular weight is 1370 g/mol. The fourth-order valence-electron chi connectivity index (χ4n) is 14.3. The van der Waals surface area contributed by atoms with Crippen molar-refractivity contribution in [2.45, 2.75) is 310 Å². The van der Waals surface area contributed by atoms with Crippen LogP contribution in [-0.2, 0) is 25.7 Å². The molecule has 0 radical (unpaired) electrons. The standard InChI is InChI=1S/C90H124Br2/c1-5-9-13-17-21-25-29-33-37-41-45-73-49-57-77(58-50-73)85-86(78-59-51-74(52-60-78)46-42-38-34-30-26-22-18-14-10-6-2)90(82-67-71-84(92)72-68-82)88(80-63-55-76(56-64-80)48-44-40-36-32-28-24-20-16-12-8-4)87(89(85)81-65-69-83(91)70-66-81)79-61-53-75(54-62-79)47-43-39-35-31-27-23-19-15-11-7-3/h49-72H,5-48H2,1-4H3. The fraction of sp³-hybridized carbons (Fsp3) is 0.533. The molecule has 2 heteroatoms. The molecule has 0 unspecified atom stereocenters. The van der Waals surface area contributed by atoms with Crippen molar-refractivity contribution in [3.63, 3.8) is 0 Å². The van der Waals surface area contributed by atoms with Crippen LogP contribution < -0.4 is 0 Å². The number of hydrogen-bond acceptors (Lipinski definition) is 0. The SMILES string of the molecule is CCCCCCCCCCCCc1ccc(-c2c(-c3ccc(Br)cc3)c(-c3ccc(CCCCCCCCCCCC)cc3)c(-c3ccc(CCCCCCCCCCCC)cc3)c(-c3ccc(Br)cc3)c2-c2ccc(CCCCCCCCCCCC)cc2)cc1. The predicted molar refractivity (Wildman–Crippen MR) is 417 cm³/mol. The van der Waals surface area contributed by atoms with Crippen molar-refractivity contribution in [3.8, 4) is 66.8 Å². The van der Waals surface area contributed by atoms with Gasteiger partial charge in [-0.15, -0.1) is 0 Å². The van der Waals surface area contributed by atoms with Crippen LogP contribution in [0.2, 0.25) is 0 Å². The zero-order chi connectivity index (χ0) is 64.5. The van der Waals surface area contributed by atoms with Gasteiger partial charge >= 0.3 is 0 Å². The average Bonchev–Trinajstić information content (AvgIpc) is 0.719. The van der Waals surface area contributed by atoms with E-state index in [0.29, 0.717) is 0 Å². The highest BCUT2D eigenvalue weighted by Gasteiger charge is 2.29. The third kappa shape index (κ3) is 26.6. The van der Waals surface area contributed by atoms with Gasteiger partial charge < -0.3 is 0 Å². The van der Waals surface area contributed by atoms with Crippen LogP contribution in [-0.4, -0.2) is 0 Å². The van der Waals surface area contributed by atoms with Crippen molar-refractivity contribution in [2.75, 3.05) is 0 Å². The van der Waals surface area contributed by atoms with E-state index < -0.39 is 0 Å². The smallest absolute Gasteiger partial charge is 0.0175 e. The third-order valence-electron chi connectivity index (χ3n) is 20.0. The maximum Gasteiger partial charge on any atom is 0.0175 e. The summed E-state index contributed by atoms with van der Waals surface area (Å²) in [4.78, 5) is 0. The minimum absolute atomic E-state index is 1.10. The second kappa shape index (κ2) is 45.8. The monoisotopic (exact) mass is 1360 g/mol. The molecule has 0 N–H and O–H groups in total. The van der Waals surface area contributed by atoms with E-state index >= 15 is 0 Å². The summed E-state index contributed by atoms with van der Waals surface area (Å²) < 4.78 is 2.19. The number of halogens is 2. The van der Waals surface area contributed by atoms with Gasteiger partial charge in [0.15, 0.2) is 0 Å². The first-order valence-corrected chi connectivity index (χ1v) is 40.1. The Kier molecular flexibility index (Phi) is 37.3. The van der Waals surface area contributed by atoms with Gasteiger partial charge in [0.05, 0.1) is 0 Å². The molecule has 0 aliphatic carbocycles. The third-order valence-corrected chi connectivity index (χ3v) is 21.1. The molecule has 0 bridgehead atoms. The quantitative estimate of drug-likeness (QED) is 0.0334. The highest BCUT2D eigenvalue weighted by molar-refractivity contribution is 9.10. The summed E-state index contributed by atoms with van der Waals surface area (Å²) in [6.45, 7) is 9.27. The van der Waals surface area contributed by atoms with Crippen LogP contribution in [0.5, 0.6) is 0 Å². The van der Waals surface area contributed by atoms with Gasteiger partial charge in [0.25, 0.3) is 0 Å². The Balaban J connectivity index is 1.33. The van der Waals surface area contributed by atoms with E-state index in [1.807, 2.05) is 0 Å². The van der Waals surface area contributed by atoms with Crippen LogP contribution in [0.15, 0.2) is 155 Å². The predicted octanol–water partition coefficient (Wildman–Crippen LogP) is 31.1. The van der Waals surface area contributed by atoms with Crippen molar-refractivity contribution in [1.82, 2.24) is 0 Å². The van der Waals surface area contributed by atoms with Gasteiger partial charge in [0.1, 0.15) is 0 Å². The van der Waals surface area contributed by atoms with E-state index in [1.165, 1.54) is 346 Å². The molecule has 498 valence electrons. The number of hydrogen-bond donors (Lipinski definition) is 0. The molecule has 7 rings (SSSR count). The normalized spacial score (nSPS) is 11.5. The Labute approximate surface area is 581 Å². The Morgan fingerprint density at radius 1 is 0.163 bits per heavy atom. The highest BCUT2D eigenvalue weighted by Crippen LogP contribution is 2.56. The van der Waals surface area contributed by atoms with Crippen molar-refractivity contribution in [1.29, 1.82) is 0 Å². The fourth-order valence-corrected chi connectivity index (χ4v) is 14.9. The maximum atomic E-state index is 3.91. The second-order valence-corrected chi connectivity index (χ2v) is 29.6. The molecule has 0 aromatic heterocycles. The van der Waals surface area contributed by atoms with Gasteiger partial charge in [-0.1, -0.05) is 412 Å². The molecule has 0 saturated heterocycles. The molecule has 0 fully saturated rings. The van der Waals surface area contributed by atoms with Crippen LogP contribution in [0.4, 0.5) is 0 Å². The second-order valence-electron chi connectivity index (χ2n) is 27.8. The molecular formula is C90H124Br2. The maximum absolute atomic E-state index is 3.91. The Morgan fingerprint density at radius 2 is 0.293 bits per heavy atom. The Hall–Kier alpha value is -4.50. The van der Waals surface area contributed by atoms with Crippen molar-refractivity contribution in [3.05, 3.63) is 177 Å². The van der Waals surface area contributed by atoms with E-state index in [2.05, 4.69) is 205 Å². The lowest BCUT2D eigenvalue weighted by Crippen LogP contribution is -2.03. The van der Waals surface area contributed by atoms with Gasteiger partial charge in [0.2, 0.25) is 0 Å². The lowest BCUT2D eigenvalue weighted by Gasteiger charge is -2.29. The number of aryl methyl sites for hydroxylation is 4. The zero-order valence-electron chi connectivity index (χ0n) is 58.7. The van der Waals surface area contributed by atoms with E-state index in [-0.39, 0.29) is 0 Å². The summed E-state index contributed by atoms with van der Waals surface area (Å²) in [6.07, 6.45) is 58.8. The van der Waals surface area contributed by atoms with Gasteiger partial charge in [0, 0.05) is 8.95 Å². The van der Waals surface area contributed by atoms with E-state index in [1.54, 1.807) is 0 Å². The zero-order valence-corrected chi connectivity index (χ0v) is 61.9. The van der Waals surface area contributed by atoms with E-state index in [9.17, 15) is 0 Å². The van der Waals surface area contributed by atoms with Crippen molar-refractivity contribution in [2.24, 2.45) is 0 Å². The van der Waals surface area contributed by atoms with Crippen LogP contribution >= 0.6 is 31.9 Å². The first-order valence-electron chi connectivity index (χ1n) is 38.5. The molecule has 0 nitrogen and oxygen atoms in total. The first-order chi connectivity index (χ1) is 45.4. The van der Waals surface area contributed by atoms with Gasteiger partial charge in [-0.25, -0.2) is 0 Å². The molecule has 0 aliphatic heterocycles. The molecule has 0 saturated carbocycles. The molecule has 0 spiro atoms. The van der Waals surface area contributed by atoms with Crippen molar-refractivity contribution >= 4 is 31.9 Å². The molecular weight excluding hydrogens is 1240 g/mol. The topological polar surface area (TPSA) is 0 Å². The van der Waals surface area contributed by atoms with Gasteiger partial charge in [-0.2, -0.15) is 0 Å². The minimum Gasteiger partial charge on any atom is -0.0654 e. The number of benzene rings is 7. The highest BCUT2D eigenvalue weighted by atomic mass is 79.9. The molecule has 0 amide bonds. The molecule has 7 aromatic rings. The number of unbranched alkanes of at least 4 members (excludes halogenated alkanes) is 36. The van der Waals surface area contributed by atoms with Crippen LogP contribution in [0.3, 0.4) is 0 Å². The molecule has 92 heavy (non-hydrogen) atoms. The summed E-state index contributed by atoms with van der Waals surface area (Å²) in [5, 5.41) is 0. The summed E-state index contributed by atoms with van der Waals surface area (Å²) in [7, 11) is 0. The molecule has 0 aliphatic rings. The number of rotatable bonds is 50. The van der Waals surface area contributed by atoms with Crippen LogP contribution in [0.25, 0.3) is 66.8 Å². The lowest BCUT2D eigenvalue weighted by molar-refractivity contribution is 0.556. The Morgan fingerprint density at radius 3 is 0.446 bits per heavy atom. The van der Waals surface area contributed by atoms with Crippen LogP contribution in [0.1, 0.15) is 307 Å². The summed E-state index contributed by atoms with van der Waals surface area (Å²) in [5.74, 6) is 0. The summed E-state index contributed by atoms with van der Waals surface area (Å²) in [5.41, 5.74) is 21.2. The van der Waals surface area contributed by atoms with Gasteiger partial charge in [-0.3, -0.25) is 0 Å². The van der Waals surface area contributed by atoms with E-state index in [0.717, 1.165) is 34.6 Å².